The molecule has 0 aromatic rings. The van der Waals surface area contributed by atoms with Crippen LogP contribution in [0.2, 0.25) is 25.7 Å². The predicted molar refractivity (Wildman–Crippen MR) is 127 cm³/mol. The van der Waals surface area contributed by atoms with Crippen molar-refractivity contribution in [2.45, 2.75) is 86.0 Å². The highest BCUT2D eigenvalue weighted by Gasteiger charge is 2.39. The maximum absolute atomic E-state index is 6.00. The second kappa shape index (κ2) is 16.0. The zero-order chi connectivity index (χ0) is 21.5. The van der Waals surface area contributed by atoms with Crippen LogP contribution in [0.15, 0.2) is 0 Å². The van der Waals surface area contributed by atoms with Crippen molar-refractivity contribution in [3.8, 4) is 0 Å². The van der Waals surface area contributed by atoms with Gasteiger partial charge in [0.1, 0.15) is 8.24 Å². The number of nitrogens with zero attached hydrogens (tertiary/aromatic N) is 2. The smallest absolute Gasteiger partial charge is 0.374 e. The van der Waals surface area contributed by atoms with E-state index in [1.54, 1.807) is 0 Å². The van der Waals surface area contributed by atoms with Gasteiger partial charge in [0, 0.05) is 39.0 Å². The standard InChI is InChI=1S/C21H50N2O3Si2/c1-9-16-22(17-10-2)19-20-23(27(6,7)8)18-14-15-21-28(24-11-3,25-12-4)26-13-5/h9-21H2,1-8H3. The van der Waals surface area contributed by atoms with Crippen LogP contribution >= 0.6 is 0 Å². The van der Waals surface area contributed by atoms with Crippen LogP contribution in [-0.2, 0) is 13.3 Å². The maximum atomic E-state index is 6.00. The molecule has 0 unspecified atom stereocenters. The van der Waals surface area contributed by atoms with Crippen LogP contribution in [0, 0.1) is 0 Å². The molecule has 0 aromatic carbocycles. The maximum Gasteiger partial charge on any atom is 0.500 e. The van der Waals surface area contributed by atoms with Gasteiger partial charge in [-0.2, -0.15) is 0 Å². The van der Waals surface area contributed by atoms with Crippen LogP contribution < -0.4 is 0 Å². The molecule has 5 nitrogen and oxygen atoms in total. The van der Waals surface area contributed by atoms with Gasteiger partial charge in [-0.25, -0.2) is 0 Å². The fourth-order valence-electron chi connectivity index (χ4n) is 3.66. The quantitative estimate of drug-likeness (QED) is 0.209. The summed E-state index contributed by atoms with van der Waals surface area (Å²) < 4.78 is 20.8. The van der Waals surface area contributed by atoms with E-state index >= 15 is 0 Å². The number of hydrogen-bond donors (Lipinski definition) is 0. The van der Waals surface area contributed by atoms with Gasteiger partial charge in [0.05, 0.1) is 0 Å². The lowest BCUT2D eigenvalue weighted by Crippen LogP contribution is -2.50. The van der Waals surface area contributed by atoms with Gasteiger partial charge in [-0.05, 0) is 66.1 Å². The lowest BCUT2D eigenvalue weighted by molar-refractivity contribution is 0.0706. The van der Waals surface area contributed by atoms with Gasteiger partial charge in [0.2, 0.25) is 0 Å². The van der Waals surface area contributed by atoms with Gasteiger partial charge < -0.3 is 22.7 Å². The molecule has 0 spiro atoms. The number of rotatable bonds is 19. The molecule has 0 bridgehead atoms. The zero-order valence-corrected chi connectivity index (χ0v) is 22.3. The van der Waals surface area contributed by atoms with Crippen molar-refractivity contribution in [1.29, 1.82) is 0 Å². The van der Waals surface area contributed by atoms with Crippen LogP contribution in [0.1, 0.15) is 60.3 Å². The first-order chi connectivity index (χ1) is 13.3. The molecule has 0 aliphatic carbocycles. The molecule has 0 aliphatic heterocycles. The van der Waals surface area contributed by atoms with Crippen LogP contribution in [-0.4, -0.2) is 79.0 Å². The van der Waals surface area contributed by atoms with Crippen LogP contribution in [0.3, 0.4) is 0 Å². The summed E-state index contributed by atoms with van der Waals surface area (Å²) in [5, 5.41) is 0. The average molecular weight is 435 g/mol. The highest BCUT2D eigenvalue weighted by molar-refractivity contribution is 6.73. The molecule has 0 heterocycles. The molecule has 0 saturated heterocycles. The summed E-state index contributed by atoms with van der Waals surface area (Å²) in [5.41, 5.74) is 0. The molecule has 0 aromatic heterocycles. The largest absolute Gasteiger partial charge is 0.500 e. The van der Waals surface area contributed by atoms with Gasteiger partial charge in [0.15, 0.2) is 0 Å². The average Bonchev–Trinajstić information content (AvgIpc) is 2.61. The third-order valence-corrected chi connectivity index (χ3v) is 10.5. The Balaban J connectivity index is 4.65. The van der Waals surface area contributed by atoms with Crippen LogP contribution in [0.25, 0.3) is 0 Å². The van der Waals surface area contributed by atoms with E-state index in [4.69, 9.17) is 13.3 Å². The normalized spacial score (nSPS) is 13.1. The molecule has 0 amide bonds. The van der Waals surface area contributed by atoms with Crippen molar-refractivity contribution in [3.05, 3.63) is 0 Å². The first kappa shape index (κ1) is 28.2. The molecule has 0 radical (unpaired) electrons. The first-order valence-electron chi connectivity index (χ1n) is 11.7. The lowest BCUT2D eigenvalue weighted by Gasteiger charge is -2.36. The molecular formula is C21H50N2O3Si2. The van der Waals surface area contributed by atoms with E-state index in [0.717, 1.165) is 12.5 Å². The highest BCUT2D eigenvalue weighted by atomic mass is 28.4. The lowest BCUT2D eigenvalue weighted by atomic mass is 10.3. The highest BCUT2D eigenvalue weighted by Crippen LogP contribution is 2.20. The first-order valence-corrected chi connectivity index (χ1v) is 17.1. The van der Waals surface area contributed by atoms with E-state index in [1.807, 2.05) is 20.8 Å². The Morgan fingerprint density at radius 1 is 0.607 bits per heavy atom. The Hall–Kier alpha value is 0.234. The number of unbranched alkanes of at least 4 members (excludes halogenated alkanes) is 1. The second-order valence-electron chi connectivity index (χ2n) is 8.44. The Bertz CT molecular complexity index is 345. The predicted octanol–water partition coefficient (Wildman–Crippen LogP) is 5.07. The summed E-state index contributed by atoms with van der Waals surface area (Å²) in [4.78, 5) is 2.63. The second-order valence-corrected chi connectivity index (χ2v) is 16.1. The molecule has 0 aliphatic rings. The summed E-state index contributed by atoms with van der Waals surface area (Å²) in [7, 11) is -3.80. The fourth-order valence-corrected chi connectivity index (χ4v) is 7.94. The van der Waals surface area contributed by atoms with E-state index in [1.165, 1.54) is 52.0 Å². The molecule has 28 heavy (non-hydrogen) atoms. The SMILES string of the molecule is CCCN(CCC)CCN(CCCC[Si](OCC)(OCC)OCC)[Si](C)(C)C. The molecule has 0 N–H and O–H groups in total. The molecule has 0 saturated carbocycles. The molecule has 0 fully saturated rings. The van der Waals surface area contributed by atoms with Gasteiger partial charge in [0.25, 0.3) is 0 Å². The molecule has 7 heteroatoms. The number of hydrogen-bond acceptors (Lipinski definition) is 5. The summed E-state index contributed by atoms with van der Waals surface area (Å²) in [6.45, 7) is 26.1. The topological polar surface area (TPSA) is 34.2 Å². The summed E-state index contributed by atoms with van der Waals surface area (Å²) in [5.74, 6) is 0. The third kappa shape index (κ3) is 12.0. The minimum absolute atomic E-state index is 0.665. The van der Waals surface area contributed by atoms with E-state index in [9.17, 15) is 0 Å². The van der Waals surface area contributed by atoms with Gasteiger partial charge in [-0.3, -0.25) is 0 Å². The fraction of sp³-hybridized carbons (Fsp3) is 1.00. The van der Waals surface area contributed by atoms with Crippen molar-refractivity contribution >= 4 is 17.0 Å². The van der Waals surface area contributed by atoms with Crippen molar-refractivity contribution in [3.63, 3.8) is 0 Å². The summed E-state index contributed by atoms with van der Waals surface area (Å²) in [6.07, 6.45) is 4.78. The van der Waals surface area contributed by atoms with Crippen molar-refractivity contribution in [2.24, 2.45) is 0 Å². The zero-order valence-electron chi connectivity index (χ0n) is 20.3. The Labute approximate surface area is 178 Å². The summed E-state index contributed by atoms with van der Waals surface area (Å²) in [6, 6.07) is 0.930. The molecule has 0 atom stereocenters. The van der Waals surface area contributed by atoms with Crippen LogP contribution in [0.4, 0.5) is 0 Å². The molecule has 170 valence electrons. The van der Waals surface area contributed by atoms with Gasteiger partial charge >= 0.3 is 8.80 Å². The van der Waals surface area contributed by atoms with E-state index in [2.05, 4.69) is 43.0 Å². The molecule has 0 rings (SSSR count). The Morgan fingerprint density at radius 2 is 1.11 bits per heavy atom. The summed E-state index contributed by atoms with van der Waals surface area (Å²) >= 11 is 0. The van der Waals surface area contributed by atoms with Crippen LogP contribution in [0.5, 0.6) is 0 Å². The van der Waals surface area contributed by atoms with Crippen molar-refractivity contribution < 1.29 is 13.3 Å². The minimum atomic E-state index is -2.49. The molecular weight excluding hydrogens is 384 g/mol. The van der Waals surface area contributed by atoms with E-state index in [-0.39, 0.29) is 0 Å². The van der Waals surface area contributed by atoms with Crippen molar-refractivity contribution in [1.82, 2.24) is 9.47 Å². The Kier molecular flexibility index (Phi) is 16.1. The van der Waals surface area contributed by atoms with E-state index < -0.39 is 17.0 Å². The van der Waals surface area contributed by atoms with Crippen molar-refractivity contribution in [2.75, 3.05) is 52.5 Å². The third-order valence-electron chi connectivity index (χ3n) is 4.97. The monoisotopic (exact) mass is 434 g/mol. The minimum Gasteiger partial charge on any atom is -0.374 e. The van der Waals surface area contributed by atoms with Gasteiger partial charge in [-0.15, -0.1) is 0 Å². The van der Waals surface area contributed by atoms with Gasteiger partial charge in [-0.1, -0.05) is 33.5 Å². The Morgan fingerprint density at radius 3 is 1.50 bits per heavy atom. The van der Waals surface area contributed by atoms with E-state index in [0.29, 0.717) is 19.8 Å².